The van der Waals surface area contributed by atoms with Gasteiger partial charge in [0.1, 0.15) is 13.0 Å². The predicted octanol–water partition coefficient (Wildman–Crippen LogP) is 3.74. The van der Waals surface area contributed by atoms with E-state index in [0.717, 1.165) is 22.9 Å². The molecule has 0 radical (unpaired) electrons. The number of fused-ring (bicyclic) bond motifs is 1. The van der Waals surface area contributed by atoms with E-state index in [2.05, 4.69) is 9.97 Å². The van der Waals surface area contributed by atoms with E-state index in [9.17, 15) is 4.39 Å². The summed E-state index contributed by atoms with van der Waals surface area (Å²) in [5.74, 6) is 0.608. The van der Waals surface area contributed by atoms with Gasteiger partial charge >= 0.3 is 0 Å². The minimum Gasteiger partial charge on any atom is -0.477 e. The number of nitrogens with zero attached hydrogens (tertiary/aromatic N) is 2. The van der Waals surface area contributed by atoms with Gasteiger partial charge in [-0.25, -0.2) is 14.4 Å². The molecule has 124 valence electrons. The van der Waals surface area contributed by atoms with E-state index in [1.54, 1.807) is 0 Å². The van der Waals surface area contributed by atoms with Crippen molar-refractivity contribution in [1.82, 2.24) is 9.97 Å². The second-order valence-corrected chi connectivity index (χ2v) is 5.35. The van der Waals surface area contributed by atoms with Crippen LogP contribution in [0.25, 0.3) is 10.9 Å². The molecule has 24 heavy (non-hydrogen) atoms. The zero-order valence-corrected chi connectivity index (χ0v) is 13.3. The SMILES string of the molecule is FCCOCc1ccc(CCOc2ncnc3ccccc23)cc1. The maximum absolute atomic E-state index is 12.0. The molecule has 0 aliphatic carbocycles. The van der Waals surface area contributed by atoms with Crippen LogP contribution in [0.4, 0.5) is 4.39 Å². The molecule has 1 aromatic heterocycles. The molecule has 0 spiro atoms. The maximum Gasteiger partial charge on any atom is 0.224 e. The van der Waals surface area contributed by atoms with Gasteiger partial charge < -0.3 is 9.47 Å². The number of hydrogen-bond acceptors (Lipinski definition) is 4. The third kappa shape index (κ3) is 4.26. The number of rotatable bonds is 8. The molecule has 0 aliphatic heterocycles. The minimum atomic E-state index is -0.451. The van der Waals surface area contributed by atoms with Crippen LogP contribution in [0.15, 0.2) is 54.9 Å². The molecular weight excluding hydrogens is 307 g/mol. The highest BCUT2D eigenvalue weighted by Crippen LogP contribution is 2.20. The zero-order chi connectivity index (χ0) is 16.6. The fourth-order valence-electron chi connectivity index (χ4n) is 2.41. The number of benzene rings is 2. The third-order valence-corrected chi connectivity index (χ3v) is 3.65. The number of para-hydroxylation sites is 1. The quantitative estimate of drug-likeness (QED) is 0.592. The number of alkyl halides is 1. The van der Waals surface area contributed by atoms with Crippen molar-refractivity contribution < 1.29 is 13.9 Å². The van der Waals surface area contributed by atoms with Crippen molar-refractivity contribution in [2.24, 2.45) is 0 Å². The molecule has 0 saturated heterocycles. The molecule has 4 nitrogen and oxygen atoms in total. The summed E-state index contributed by atoms with van der Waals surface area (Å²) in [4.78, 5) is 8.44. The Morgan fingerprint density at radius 2 is 1.67 bits per heavy atom. The van der Waals surface area contributed by atoms with Gasteiger partial charge in [-0.2, -0.15) is 0 Å². The number of ether oxygens (including phenoxy) is 2. The van der Waals surface area contributed by atoms with E-state index in [1.165, 1.54) is 11.9 Å². The molecule has 0 aliphatic rings. The molecule has 3 rings (SSSR count). The monoisotopic (exact) mass is 326 g/mol. The summed E-state index contributed by atoms with van der Waals surface area (Å²) in [5.41, 5.74) is 3.08. The largest absolute Gasteiger partial charge is 0.477 e. The second kappa shape index (κ2) is 8.36. The first-order chi connectivity index (χ1) is 11.9. The first-order valence-corrected chi connectivity index (χ1v) is 7.91. The van der Waals surface area contributed by atoms with Crippen LogP contribution in [0.1, 0.15) is 11.1 Å². The molecule has 0 atom stereocenters. The van der Waals surface area contributed by atoms with Crippen LogP contribution >= 0.6 is 0 Å². The lowest BCUT2D eigenvalue weighted by Gasteiger charge is -2.08. The number of aromatic nitrogens is 2. The van der Waals surface area contributed by atoms with Crippen molar-refractivity contribution in [1.29, 1.82) is 0 Å². The lowest BCUT2D eigenvalue weighted by Crippen LogP contribution is -2.04. The maximum atomic E-state index is 12.0. The van der Waals surface area contributed by atoms with Crippen LogP contribution in [-0.2, 0) is 17.8 Å². The molecule has 5 heteroatoms. The lowest BCUT2D eigenvalue weighted by atomic mass is 10.1. The van der Waals surface area contributed by atoms with Crippen LogP contribution in [0, 0.1) is 0 Å². The zero-order valence-electron chi connectivity index (χ0n) is 13.3. The van der Waals surface area contributed by atoms with Crippen molar-refractivity contribution in [3.63, 3.8) is 0 Å². The molecule has 2 aromatic carbocycles. The molecule has 0 unspecified atom stereocenters. The van der Waals surface area contributed by atoms with Gasteiger partial charge in [0.25, 0.3) is 0 Å². The van der Waals surface area contributed by atoms with Crippen molar-refractivity contribution in [2.75, 3.05) is 19.9 Å². The van der Waals surface area contributed by atoms with Gasteiger partial charge in [-0.3, -0.25) is 0 Å². The van der Waals surface area contributed by atoms with Crippen molar-refractivity contribution >= 4 is 10.9 Å². The van der Waals surface area contributed by atoms with Gasteiger partial charge in [0, 0.05) is 6.42 Å². The molecular formula is C19H19FN2O2. The van der Waals surface area contributed by atoms with E-state index >= 15 is 0 Å². The Bertz CT molecular complexity index is 772. The molecule has 0 bridgehead atoms. The average Bonchev–Trinajstić information content (AvgIpc) is 2.63. The highest BCUT2D eigenvalue weighted by Gasteiger charge is 2.04. The number of hydrogen-bond donors (Lipinski definition) is 0. The van der Waals surface area contributed by atoms with Crippen LogP contribution in [0.3, 0.4) is 0 Å². The van der Waals surface area contributed by atoms with Gasteiger partial charge in [0.05, 0.1) is 30.7 Å². The molecule has 0 fully saturated rings. The summed E-state index contributed by atoms with van der Waals surface area (Å²) in [6.07, 6.45) is 2.30. The van der Waals surface area contributed by atoms with Gasteiger partial charge in [-0.05, 0) is 23.3 Å². The summed E-state index contributed by atoms with van der Waals surface area (Å²) in [6.45, 7) is 0.669. The van der Waals surface area contributed by atoms with Crippen LogP contribution in [0.5, 0.6) is 5.88 Å². The molecule has 0 N–H and O–H groups in total. The van der Waals surface area contributed by atoms with E-state index in [0.29, 0.717) is 19.1 Å². The first kappa shape index (κ1) is 16.3. The van der Waals surface area contributed by atoms with E-state index in [-0.39, 0.29) is 6.61 Å². The standard InChI is InChI=1S/C19H19FN2O2/c20-10-12-23-13-16-7-5-15(6-8-16)9-11-24-19-17-3-1-2-4-18(17)21-14-22-19/h1-8,14H,9-13H2. The van der Waals surface area contributed by atoms with E-state index in [4.69, 9.17) is 9.47 Å². The highest BCUT2D eigenvalue weighted by atomic mass is 19.1. The van der Waals surface area contributed by atoms with Crippen LogP contribution in [-0.4, -0.2) is 29.9 Å². The van der Waals surface area contributed by atoms with Crippen molar-refractivity contribution in [3.05, 3.63) is 66.0 Å². The summed E-state index contributed by atoms with van der Waals surface area (Å²) < 4.78 is 23.0. The Morgan fingerprint density at radius 1 is 0.875 bits per heavy atom. The first-order valence-electron chi connectivity index (χ1n) is 7.91. The topological polar surface area (TPSA) is 44.2 Å². The Balaban J connectivity index is 1.54. The Kier molecular flexibility index (Phi) is 5.69. The second-order valence-electron chi connectivity index (χ2n) is 5.35. The lowest BCUT2D eigenvalue weighted by molar-refractivity contribution is 0.106. The molecule has 0 saturated carbocycles. The minimum absolute atomic E-state index is 0.141. The Morgan fingerprint density at radius 3 is 2.50 bits per heavy atom. The van der Waals surface area contributed by atoms with Crippen LogP contribution in [0.2, 0.25) is 0 Å². The fourth-order valence-corrected chi connectivity index (χ4v) is 2.41. The predicted molar refractivity (Wildman–Crippen MR) is 90.8 cm³/mol. The van der Waals surface area contributed by atoms with Crippen molar-refractivity contribution in [2.45, 2.75) is 13.0 Å². The summed E-state index contributed by atoms with van der Waals surface area (Å²) >= 11 is 0. The molecule has 3 aromatic rings. The molecule has 0 amide bonds. The van der Waals surface area contributed by atoms with Crippen LogP contribution < -0.4 is 4.74 Å². The van der Waals surface area contributed by atoms with E-state index in [1.807, 2.05) is 48.5 Å². The summed E-state index contributed by atoms with van der Waals surface area (Å²) in [5, 5.41) is 0.917. The van der Waals surface area contributed by atoms with Gasteiger partial charge in [0.15, 0.2) is 0 Å². The molecule has 1 heterocycles. The highest BCUT2D eigenvalue weighted by molar-refractivity contribution is 5.82. The Hall–Kier alpha value is -2.53. The summed E-state index contributed by atoms with van der Waals surface area (Å²) in [6, 6.07) is 15.8. The van der Waals surface area contributed by atoms with Crippen molar-refractivity contribution in [3.8, 4) is 5.88 Å². The Labute approximate surface area is 140 Å². The smallest absolute Gasteiger partial charge is 0.224 e. The van der Waals surface area contributed by atoms with Gasteiger partial charge in [-0.1, -0.05) is 36.4 Å². The number of halogens is 1. The van der Waals surface area contributed by atoms with Gasteiger partial charge in [-0.15, -0.1) is 0 Å². The fraction of sp³-hybridized carbons (Fsp3) is 0.263. The van der Waals surface area contributed by atoms with E-state index < -0.39 is 6.67 Å². The third-order valence-electron chi connectivity index (χ3n) is 3.65. The van der Waals surface area contributed by atoms with Gasteiger partial charge in [0.2, 0.25) is 5.88 Å². The normalized spacial score (nSPS) is 10.9. The average molecular weight is 326 g/mol. The summed E-state index contributed by atoms with van der Waals surface area (Å²) in [7, 11) is 0.